The van der Waals surface area contributed by atoms with Crippen LogP contribution in [0.15, 0.2) is 9.59 Å². The molecular weight excluding hydrogens is 240 g/mol. The molecule has 0 aliphatic rings. The lowest BCUT2D eigenvalue weighted by Gasteiger charge is -2.10. The summed E-state index contributed by atoms with van der Waals surface area (Å²) < 4.78 is 2.48. The van der Waals surface area contributed by atoms with E-state index in [4.69, 9.17) is 5.11 Å². The Morgan fingerprint density at radius 3 is 2.61 bits per heavy atom. The van der Waals surface area contributed by atoms with Crippen LogP contribution in [0.3, 0.4) is 0 Å². The van der Waals surface area contributed by atoms with Gasteiger partial charge in [-0.1, -0.05) is 0 Å². The molecule has 96 valence electrons. The fraction of sp³-hybridized carbons (Fsp3) is 0.400. The number of nitrogens with zero attached hydrogens (tertiary/aromatic N) is 3. The third-order valence-electron chi connectivity index (χ3n) is 2.87. The van der Waals surface area contributed by atoms with Crippen LogP contribution in [0.5, 0.6) is 0 Å². The molecule has 0 radical (unpaired) electrons. The average Bonchev–Trinajstić information content (AvgIpc) is 2.63. The maximum absolute atomic E-state index is 11.8. The fourth-order valence-corrected chi connectivity index (χ4v) is 1.90. The molecule has 0 aromatic carbocycles. The second-order valence-corrected chi connectivity index (χ2v) is 4.03. The maximum atomic E-state index is 11.8. The zero-order valence-electron chi connectivity index (χ0n) is 10.1. The van der Waals surface area contributed by atoms with Gasteiger partial charge in [-0.15, -0.1) is 0 Å². The molecule has 8 heteroatoms. The summed E-state index contributed by atoms with van der Waals surface area (Å²) >= 11 is 0. The number of nitrogens with one attached hydrogen (secondary N) is 1. The zero-order valence-corrected chi connectivity index (χ0v) is 10.1. The van der Waals surface area contributed by atoms with Crippen LogP contribution in [0, 0.1) is 6.92 Å². The Hall–Kier alpha value is -2.38. The first-order valence-electron chi connectivity index (χ1n) is 5.25. The van der Waals surface area contributed by atoms with Gasteiger partial charge in [0.2, 0.25) is 0 Å². The van der Waals surface area contributed by atoms with Crippen molar-refractivity contribution in [3.63, 3.8) is 0 Å². The van der Waals surface area contributed by atoms with E-state index in [2.05, 4.69) is 9.97 Å². The molecule has 0 saturated heterocycles. The molecule has 0 saturated carbocycles. The van der Waals surface area contributed by atoms with E-state index in [-0.39, 0.29) is 11.2 Å². The number of hydrogen-bond acceptors (Lipinski definition) is 4. The Balaban J connectivity index is 2.97. The number of hydrogen-bond donors (Lipinski definition) is 2. The number of carboxylic acids is 1. The van der Waals surface area contributed by atoms with Crippen molar-refractivity contribution in [2.75, 3.05) is 0 Å². The number of aromatic nitrogens is 4. The van der Waals surface area contributed by atoms with Crippen molar-refractivity contribution in [2.24, 2.45) is 7.05 Å². The van der Waals surface area contributed by atoms with Crippen LogP contribution in [-0.2, 0) is 11.8 Å². The molecule has 1 unspecified atom stereocenters. The van der Waals surface area contributed by atoms with Crippen molar-refractivity contribution in [3.8, 4) is 0 Å². The number of carbonyl (C=O) groups is 1. The topological polar surface area (TPSA) is 110 Å². The zero-order chi connectivity index (χ0) is 13.6. The molecule has 1 atom stereocenters. The van der Waals surface area contributed by atoms with Crippen molar-refractivity contribution in [2.45, 2.75) is 19.9 Å². The molecule has 18 heavy (non-hydrogen) atoms. The third-order valence-corrected chi connectivity index (χ3v) is 2.87. The van der Waals surface area contributed by atoms with Gasteiger partial charge in [0.05, 0.1) is 0 Å². The minimum Gasteiger partial charge on any atom is -0.480 e. The first-order valence-corrected chi connectivity index (χ1v) is 5.25. The van der Waals surface area contributed by atoms with Gasteiger partial charge in [-0.2, -0.15) is 0 Å². The van der Waals surface area contributed by atoms with Crippen molar-refractivity contribution >= 4 is 17.1 Å². The van der Waals surface area contributed by atoms with Crippen molar-refractivity contribution < 1.29 is 9.90 Å². The molecule has 0 fully saturated rings. The van der Waals surface area contributed by atoms with Gasteiger partial charge in [-0.3, -0.25) is 14.3 Å². The van der Waals surface area contributed by atoms with Crippen molar-refractivity contribution in [1.82, 2.24) is 19.1 Å². The molecule has 2 rings (SSSR count). The third kappa shape index (κ3) is 1.53. The van der Waals surface area contributed by atoms with Crippen molar-refractivity contribution in [3.05, 3.63) is 26.7 Å². The Morgan fingerprint density at radius 2 is 2.06 bits per heavy atom. The monoisotopic (exact) mass is 252 g/mol. The molecular formula is C10H12N4O4. The summed E-state index contributed by atoms with van der Waals surface area (Å²) in [5.74, 6) is -0.711. The van der Waals surface area contributed by atoms with Gasteiger partial charge >= 0.3 is 11.7 Å². The largest absolute Gasteiger partial charge is 0.480 e. The predicted octanol–water partition coefficient (Wildman–Crippen LogP) is -0.623. The minimum atomic E-state index is -1.08. The van der Waals surface area contributed by atoms with E-state index < -0.39 is 23.3 Å². The highest BCUT2D eigenvalue weighted by molar-refractivity contribution is 5.77. The van der Waals surface area contributed by atoms with Crippen LogP contribution in [0.25, 0.3) is 11.2 Å². The number of aliphatic carboxylic acids is 1. The van der Waals surface area contributed by atoms with Gasteiger partial charge in [-0.05, 0) is 13.8 Å². The molecule has 2 aromatic heterocycles. The van der Waals surface area contributed by atoms with Crippen LogP contribution in [0.2, 0.25) is 0 Å². The van der Waals surface area contributed by atoms with E-state index in [0.29, 0.717) is 5.82 Å². The highest BCUT2D eigenvalue weighted by Crippen LogP contribution is 2.16. The quantitative estimate of drug-likeness (QED) is 0.740. The molecule has 0 spiro atoms. The number of rotatable bonds is 2. The first kappa shape index (κ1) is 12.1. The van der Waals surface area contributed by atoms with E-state index in [0.717, 1.165) is 0 Å². The van der Waals surface area contributed by atoms with E-state index in [1.165, 1.54) is 23.1 Å². The van der Waals surface area contributed by atoms with E-state index in [1.54, 1.807) is 6.92 Å². The summed E-state index contributed by atoms with van der Waals surface area (Å²) in [6.07, 6.45) is 0. The van der Waals surface area contributed by atoms with Crippen LogP contribution < -0.4 is 11.2 Å². The highest BCUT2D eigenvalue weighted by atomic mass is 16.4. The number of H-pyrrole nitrogens is 1. The van der Waals surface area contributed by atoms with Gasteiger partial charge in [0.25, 0.3) is 5.56 Å². The summed E-state index contributed by atoms with van der Waals surface area (Å²) in [6.45, 7) is 3.03. The summed E-state index contributed by atoms with van der Waals surface area (Å²) in [6, 6.07) is -0.936. The minimum absolute atomic E-state index is 0.0875. The van der Waals surface area contributed by atoms with Crippen LogP contribution in [-0.4, -0.2) is 30.2 Å². The molecule has 2 aromatic rings. The molecule has 2 heterocycles. The molecule has 0 aliphatic carbocycles. The lowest BCUT2D eigenvalue weighted by atomic mass is 10.3. The molecule has 8 nitrogen and oxygen atoms in total. The van der Waals surface area contributed by atoms with Crippen LogP contribution >= 0.6 is 0 Å². The van der Waals surface area contributed by atoms with E-state index in [1.807, 2.05) is 0 Å². The van der Waals surface area contributed by atoms with Crippen LogP contribution in [0.4, 0.5) is 0 Å². The molecule has 0 amide bonds. The first-order chi connectivity index (χ1) is 8.34. The second-order valence-electron chi connectivity index (χ2n) is 4.03. The maximum Gasteiger partial charge on any atom is 0.329 e. The molecule has 0 bridgehead atoms. The standard InChI is InChI=1S/C10H12N4O4/c1-4(9(16)17)14-5(2)11-7-6(14)8(15)12-10(18)13(7)3/h4H,1-3H3,(H,16,17)(H,12,15,18). The number of carboxylic acid groups (broad SMARTS) is 1. The normalized spacial score (nSPS) is 12.8. The Kier molecular flexibility index (Phi) is 2.57. The SMILES string of the molecule is Cc1nc2c(c(=O)[nH]c(=O)n2C)n1C(C)C(=O)O. The number of fused-ring (bicyclic) bond motifs is 1. The Bertz CT molecular complexity index is 752. The smallest absolute Gasteiger partial charge is 0.329 e. The summed E-state index contributed by atoms with van der Waals surface area (Å²) in [7, 11) is 1.46. The number of imidazole rings is 1. The van der Waals surface area contributed by atoms with Gasteiger partial charge in [0.15, 0.2) is 11.2 Å². The summed E-state index contributed by atoms with van der Waals surface area (Å²) in [4.78, 5) is 40.4. The lowest BCUT2D eigenvalue weighted by Crippen LogP contribution is -2.30. The predicted molar refractivity (Wildman–Crippen MR) is 62.7 cm³/mol. The molecule has 0 aliphatic heterocycles. The summed E-state index contributed by atoms with van der Waals surface area (Å²) in [5, 5.41) is 9.02. The van der Waals surface area contributed by atoms with Crippen LogP contribution in [0.1, 0.15) is 18.8 Å². The molecule has 2 N–H and O–H groups in total. The van der Waals surface area contributed by atoms with E-state index in [9.17, 15) is 14.4 Å². The summed E-state index contributed by atoms with van der Waals surface area (Å²) in [5.41, 5.74) is -0.958. The van der Waals surface area contributed by atoms with Gasteiger partial charge < -0.3 is 9.67 Å². The van der Waals surface area contributed by atoms with E-state index >= 15 is 0 Å². The fourth-order valence-electron chi connectivity index (χ4n) is 1.90. The second kappa shape index (κ2) is 3.83. The Labute approximate surface area is 101 Å². The Morgan fingerprint density at radius 1 is 1.44 bits per heavy atom. The highest BCUT2D eigenvalue weighted by Gasteiger charge is 2.22. The number of aryl methyl sites for hydroxylation is 2. The van der Waals surface area contributed by atoms with Crippen molar-refractivity contribution in [1.29, 1.82) is 0 Å². The van der Waals surface area contributed by atoms with Gasteiger partial charge in [0, 0.05) is 7.05 Å². The average molecular weight is 252 g/mol. The number of aromatic amines is 1. The van der Waals surface area contributed by atoms with Gasteiger partial charge in [0.1, 0.15) is 11.9 Å². The lowest BCUT2D eigenvalue weighted by molar-refractivity contribution is -0.140. The van der Waals surface area contributed by atoms with Gasteiger partial charge in [-0.25, -0.2) is 14.6 Å².